The topological polar surface area (TPSA) is 47.8 Å². The minimum Gasteiger partial charge on any atom is -0.299 e. The fourth-order valence-corrected chi connectivity index (χ4v) is 4.13. The number of benzene rings is 2. The van der Waals surface area contributed by atoms with Crippen molar-refractivity contribution in [2.45, 2.75) is 50.2 Å². The Hall–Kier alpha value is -2.47. The summed E-state index contributed by atoms with van der Waals surface area (Å²) in [7, 11) is 0. The largest absolute Gasteiger partial charge is 0.299 e. The summed E-state index contributed by atoms with van der Waals surface area (Å²) in [6, 6.07) is 14.7. The Morgan fingerprint density at radius 1 is 1.10 bits per heavy atom. The van der Waals surface area contributed by atoms with Crippen LogP contribution in [0, 0.1) is 5.82 Å². The van der Waals surface area contributed by atoms with Gasteiger partial charge in [-0.3, -0.25) is 9.36 Å². The maximum Gasteiger partial charge on any atom is 0.192 e. The van der Waals surface area contributed by atoms with Crippen LogP contribution in [0.4, 0.5) is 4.39 Å². The van der Waals surface area contributed by atoms with Gasteiger partial charge in [0.15, 0.2) is 16.8 Å². The first kappa shape index (κ1) is 19.8. The predicted molar refractivity (Wildman–Crippen MR) is 114 cm³/mol. The number of ketones is 1. The lowest BCUT2D eigenvalue weighted by Crippen LogP contribution is -2.11. The Morgan fingerprint density at radius 3 is 2.41 bits per heavy atom. The van der Waals surface area contributed by atoms with Gasteiger partial charge in [0.05, 0.1) is 11.3 Å². The zero-order valence-electron chi connectivity index (χ0n) is 16.9. The highest BCUT2D eigenvalue weighted by atomic mass is 32.2. The number of carbonyl (C=O) groups excluding carboxylic acids is 1. The fourth-order valence-electron chi connectivity index (χ4n) is 3.23. The molecule has 29 heavy (non-hydrogen) atoms. The molecule has 0 aliphatic heterocycles. The Labute approximate surface area is 174 Å². The standard InChI is InChI=1S/C23H24FN3OS/c1-23(2,3)16-10-8-15(9-11-16)20(28)14-29-22-26-25-21(27(22)17-12-13-17)18-6-4-5-7-19(18)24/h4-11,17H,12-14H2,1-3H3. The monoisotopic (exact) mass is 409 g/mol. The predicted octanol–water partition coefficient (Wildman–Crippen LogP) is 5.69. The SMILES string of the molecule is CC(C)(C)c1ccc(C(=O)CSc2nnc(-c3ccccc3F)n2C2CC2)cc1. The van der Waals surface area contributed by atoms with Crippen molar-refractivity contribution in [3.05, 3.63) is 65.5 Å². The third-order valence-electron chi connectivity index (χ3n) is 5.10. The van der Waals surface area contributed by atoms with E-state index in [9.17, 15) is 9.18 Å². The summed E-state index contributed by atoms with van der Waals surface area (Å²) < 4.78 is 16.2. The average molecular weight is 410 g/mol. The average Bonchev–Trinajstić information content (AvgIpc) is 3.45. The van der Waals surface area contributed by atoms with Gasteiger partial charge in [-0.15, -0.1) is 10.2 Å². The summed E-state index contributed by atoms with van der Waals surface area (Å²) in [5.74, 6) is 0.550. The molecule has 2 aromatic carbocycles. The number of hydrogen-bond donors (Lipinski definition) is 0. The lowest BCUT2D eigenvalue weighted by Gasteiger charge is -2.18. The Balaban J connectivity index is 1.52. The normalized spacial score (nSPS) is 14.2. The highest BCUT2D eigenvalue weighted by Gasteiger charge is 2.31. The molecular weight excluding hydrogens is 385 g/mol. The number of halogens is 1. The van der Waals surface area contributed by atoms with Crippen molar-refractivity contribution in [2.24, 2.45) is 0 Å². The number of Topliss-reactive ketones (excluding diaryl/α,β-unsaturated/α-hetero) is 1. The minimum atomic E-state index is -0.312. The van der Waals surface area contributed by atoms with Gasteiger partial charge in [0.1, 0.15) is 5.82 Å². The van der Waals surface area contributed by atoms with Gasteiger partial charge in [-0.25, -0.2) is 4.39 Å². The van der Waals surface area contributed by atoms with E-state index in [-0.39, 0.29) is 28.8 Å². The smallest absolute Gasteiger partial charge is 0.192 e. The molecule has 0 saturated heterocycles. The first-order valence-electron chi connectivity index (χ1n) is 9.81. The van der Waals surface area contributed by atoms with Crippen LogP contribution in [0.25, 0.3) is 11.4 Å². The van der Waals surface area contributed by atoms with E-state index in [4.69, 9.17) is 0 Å². The molecule has 4 nitrogen and oxygen atoms in total. The molecule has 150 valence electrons. The molecule has 1 fully saturated rings. The number of rotatable bonds is 6. The van der Waals surface area contributed by atoms with Crippen LogP contribution in [-0.4, -0.2) is 26.3 Å². The number of aromatic nitrogens is 3. The summed E-state index contributed by atoms with van der Waals surface area (Å²) in [5.41, 5.74) is 2.39. The van der Waals surface area contributed by atoms with Gasteiger partial charge in [-0.05, 0) is 36.0 Å². The zero-order valence-corrected chi connectivity index (χ0v) is 17.7. The van der Waals surface area contributed by atoms with Crippen LogP contribution in [0.3, 0.4) is 0 Å². The third kappa shape index (κ3) is 4.27. The molecule has 1 heterocycles. The fraction of sp³-hybridized carbons (Fsp3) is 0.348. The molecule has 1 aromatic heterocycles. The molecule has 1 aliphatic carbocycles. The van der Waals surface area contributed by atoms with Crippen LogP contribution in [0.1, 0.15) is 55.6 Å². The van der Waals surface area contributed by atoms with E-state index in [2.05, 4.69) is 31.0 Å². The van der Waals surface area contributed by atoms with Crippen molar-refractivity contribution >= 4 is 17.5 Å². The van der Waals surface area contributed by atoms with E-state index in [1.54, 1.807) is 18.2 Å². The maximum atomic E-state index is 14.3. The minimum absolute atomic E-state index is 0.0493. The van der Waals surface area contributed by atoms with Gasteiger partial charge in [-0.1, -0.05) is 68.9 Å². The molecular formula is C23H24FN3OS. The van der Waals surface area contributed by atoms with E-state index in [0.29, 0.717) is 22.1 Å². The van der Waals surface area contributed by atoms with Crippen LogP contribution in [0.2, 0.25) is 0 Å². The van der Waals surface area contributed by atoms with Crippen molar-refractivity contribution in [2.75, 3.05) is 5.75 Å². The molecule has 6 heteroatoms. The second-order valence-electron chi connectivity index (χ2n) is 8.43. The molecule has 0 unspecified atom stereocenters. The molecule has 0 spiro atoms. The van der Waals surface area contributed by atoms with Crippen LogP contribution in [0.5, 0.6) is 0 Å². The Bertz CT molecular complexity index is 1030. The molecule has 3 aromatic rings. The number of thioether (sulfide) groups is 1. The van der Waals surface area contributed by atoms with Gasteiger partial charge in [-0.2, -0.15) is 0 Å². The molecule has 1 aliphatic rings. The second-order valence-corrected chi connectivity index (χ2v) is 9.37. The van der Waals surface area contributed by atoms with Gasteiger partial charge < -0.3 is 0 Å². The van der Waals surface area contributed by atoms with Crippen molar-refractivity contribution in [1.29, 1.82) is 0 Å². The zero-order chi connectivity index (χ0) is 20.6. The number of nitrogens with zero attached hydrogens (tertiary/aromatic N) is 3. The molecule has 0 N–H and O–H groups in total. The molecule has 0 radical (unpaired) electrons. The van der Waals surface area contributed by atoms with E-state index in [1.165, 1.54) is 23.4 Å². The van der Waals surface area contributed by atoms with Gasteiger partial charge in [0.2, 0.25) is 0 Å². The summed E-state index contributed by atoms with van der Waals surface area (Å²) in [6.07, 6.45) is 2.05. The molecule has 0 bridgehead atoms. The first-order chi connectivity index (χ1) is 13.8. The van der Waals surface area contributed by atoms with Crippen molar-refractivity contribution in [3.8, 4) is 11.4 Å². The van der Waals surface area contributed by atoms with Crippen molar-refractivity contribution in [1.82, 2.24) is 14.8 Å². The lowest BCUT2D eigenvalue weighted by atomic mass is 9.86. The molecule has 0 amide bonds. The summed E-state index contributed by atoms with van der Waals surface area (Å²) in [6.45, 7) is 6.45. The van der Waals surface area contributed by atoms with Gasteiger partial charge >= 0.3 is 0 Å². The Kier molecular flexibility index (Phi) is 5.30. The van der Waals surface area contributed by atoms with Crippen LogP contribution < -0.4 is 0 Å². The van der Waals surface area contributed by atoms with Gasteiger partial charge in [0.25, 0.3) is 0 Å². The Morgan fingerprint density at radius 2 is 1.79 bits per heavy atom. The second kappa shape index (κ2) is 7.75. The molecule has 0 atom stereocenters. The van der Waals surface area contributed by atoms with Crippen molar-refractivity contribution in [3.63, 3.8) is 0 Å². The van der Waals surface area contributed by atoms with Crippen LogP contribution in [0.15, 0.2) is 53.7 Å². The van der Waals surface area contributed by atoms with E-state index < -0.39 is 0 Å². The summed E-state index contributed by atoms with van der Waals surface area (Å²) in [5, 5.41) is 9.17. The van der Waals surface area contributed by atoms with Crippen molar-refractivity contribution < 1.29 is 9.18 Å². The first-order valence-corrected chi connectivity index (χ1v) is 10.8. The number of hydrogen-bond acceptors (Lipinski definition) is 4. The van der Waals surface area contributed by atoms with Crippen LogP contribution in [-0.2, 0) is 5.41 Å². The van der Waals surface area contributed by atoms with E-state index >= 15 is 0 Å². The van der Waals surface area contributed by atoms with E-state index in [1.807, 2.05) is 28.8 Å². The van der Waals surface area contributed by atoms with Gasteiger partial charge in [0, 0.05) is 11.6 Å². The maximum absolute atomic E-state index is 14.3. The summed E-state index contributed by atoms with van der Waals surface area (Å²) in [4.78, 5) is 12.7. The third-order valence-corrected chi connectivity index (χ3v) is 6.04. The number of carbonyl (C=O) groups is 1. The van der Waals surface area contributed by atoms with Crippen LogP contribution >= 0.6 is 11.8 Å². The lowest BCUT2D eigenvalue weighted by molar-refractivity contribution is 0.102. The quantitative estimate of drug-likeness (QED) is 0.387. The highest BCUT2D eigenvalue weighted by molar-refractivity contribution is 7.99. The summed E-state index contributed by atoms with van der Waals surface area (Å²) >= 11 is 1.37. The molecule has 4 rings (SSSR count). The molecule has 1 saturated carbocycles. The van der Waals surface area contributed by atoms with E-state index in [0.717, 1.165) is 12.8 Å². The highest BCUT2D eigenvalue weighted by Crippen LogP contribution is 2.41.